The Morgan fingerprint density at radius 3 is 2.38 bits per heavy atom. The molecule has 2 aromatic carbocycles. The van der Waals surface area contributed by atoms with Crippen molar-refractivity contribution in [1.82, 2.24) is 10.2 Å². The van der Waals surface area contributed by atoms with E-state index >= 15 is 0 Å². The molecule has 0 saturated carbocycles. The number of hydrogen-bond acceptors (Lipinski definition) is 5. The number of benzene rings is 2. The van der Waals surface area contributed by atoms with Crippen LogP contribution in [0.15, 0.2) is 42.5 Å². The summed E-state index contributed by atoms with van der Waals surface area (Å²) in [6.45, 7) is 4.06. The first-order valence-electron chi connectivity index (χ1n) is 9.08. The van der Waals surface area contributed by atoms with Crippen LogP contribution < -0.4 is 19.5 Å². The zero-order chi connectivity index (χ0) is 18.4. The first-order valence-corrected chi connectivity index (χ1v) is 9.08. The fourth-order valence-corrected chi connectivity index (χ4v) is 3.63. The quantitative estimate of drug-likeness (QED) is 0.862. The molecule has 0 bridgehead atoms. The van der Waals surface area contributed by atoms with E-state index in [-0.39, 0.29) is 6.04 Å². The summed E-state index contributed by atoms with van der Waals surface area (Å²) in [5.41, 5.74) is 2.35. The summed E-state index contributed by atoms with van der Waals surface area (Å²) in [4.78, 5) is 2.51. The standard InChI is InChI=1S/C21H28N2O3/c1-24-17-10-8-16(9-11-17)20(23-14-5-12-22-13-15-23)18-6-4-7-19(25-2)21(18)26-3/h4,6-11,20,22H,5,12-15H2,1-3H3. The van der Waals surface area contributed by atoms with Crippen molar-refractivity contribution in [3.8, 4) is 17.2 Å². The lowest BCUT2D eigenvalue weighted by Crippen LogP contribution is -2.33. The Kier molecular flexibility index (Phi) is 6.36. The Morgan fingerprint density at radius 2 is 1.69 bits per heavy atom. The second-order valence-electron chi connectivity index (χ2n) is 6.40. The first kappa shape index (κ1) is 18.5. The molecule has 1 N–H and O–H groups in total. The van der Waals surface area contributed by atoms with Gasteiger partial charge in [-0.1, -0.05) is 24.3 Å². The van der Waals surface area contributed by atoms with Gasteiger partial charge in [-0.3, -0.25) is 4.90 Å². The van der Waals surface area contributed by atoms with Gasteiger partial charge in [0.1, 0.15) is 5.75 Å². The number of hydrogen-bond donors (Lipinski definition) is 1. The molecule has 1 aliphatic rings. The average Bonchev–Trinajstić information content (AvgIpc) is 2.98. The molecule has 1 fully saturated rings. The predicted octanol–water partition coefficient (Wildman–Crippen LogP) is 3.10. The average molecular weight is 356 g/mol. The molecule has 140 valence electrons. The van der Waals surface area contributed by atoms with Gasteiger partial charge in [-0.15, -0.1) is 0 Å². The van der Waals surface area contributed by atoms with Crippen LogP contribution in [0.25, 0.3) is 0 Å². The van der Waals surface area contributed by atoms with E-state index in [9.17, 15) is 0 Å². The van der Waals surface area contributed by atoms with Gasteiger partial charge in [0.25, 0.3) is 0 Å². The predicted molar refractivity (Wildman–Crippen MR) is 103 cm³/mol. The molecule has 1 saturated heterocycles. The largest absolute Gasteiger partial charge is 0.497 e. The SMILES string of the molecule is COc1ccc(C(c2cccc(OC)c2OC)N2CCCNCC2)cc1. The molecule has 1 atom stereocenters. The van der Waals surface area contributed by atoms with Crippen molar-refractivity contribution >= 4 is 0 Å². The Hall–Kier alpha value is -2.24. The molecular formula is C21H28N2O3. The lowest BCUT2D eigenvalue weighted by molar-refractivity contribution is 0.234. The molecule has 3 rings (SSSR count). The smallest absolute Gasteiger partial charge is 0.165 e. The van der Waals surface area contributed by atoms with Gasteiger partial charge in [0.15, 0.2) is 11.5 Å². The number of ether oxygens (including phenoxy) is 3. The second-order valence-corrected chi connectivity index (χ2v) is 6.40. The molecular weight excluding hydrogens is 328 g/mol. The highest BCUT2D eigenvalue weighted by Crippen LogP contribution is 2.40. The topological polar surface area (TPSA) is 43.0 Å². The van der Waals surface area contributed by atoms with Gasteiger partial charge >= 0.3 is 0 Å². The van der Waals surface area contributed by atoms with E-state index in [0.29, 0.717) is 0 Å². The van der Waals surface area contributed by atoms with Gasteiger partial charge < -0.3 is 19.5 Å². The van der Waals surface area contributed by atoms with Crippen molar-refractivity contribution < 1.29 is 14.2 Å². The molecule has 0 aromatic heterocycles. The molecule has 0 amide bonds. The zero-order valence-electron chi connectivity index (χ0n) is 15.8. The lowest BCUT2D eigenvalue weighted by atomic mass is 9.95. The third-order valence-corrected chi connectivity index (χ3v) is 4.90. The molecule has 0 spiro atoms. The molecule has 0 radical (unpaired) electrons. The van der Waals surface area contributed by atoms with E-state index in [1.54, 1.807) is 21.3 Å². The van der Waals surface area contributed by atoms with E-state index < -0.39 is 0 Å². The highest BCUT2D eigenvalue weighted by Gasteiger charge is 2.27. The van der Waals surface area contributed by atoms with Crippen LogP contribution in [0.4, 0.5) is 0 Å². The molecule has 1 unspecified atom stereocenters. The van der Waals surface area contributed by atoms with Crippen LogP contribution in [0.2, 0.25) is 0 Å². The third-order valence-electron chi connectivity index (χ3n) is 4.90. The minimum atomic E-state index is 0.103. The summed E-state index contributed by atoms with van der Waals surface area (Å²) < 4.78 is 16.6. The van der Waals surface area contributed by atoms with Crippen LogP contribution in [-0.4, -0.2) is 52.4 Å². The van der Waals surface area contributed by atoms with E-state index in [1.165, 1.54) is 5.56 Å². The van der Waals surface area contributed by atoms with Gasteiger partial charge in [0, 0.05) is 25.2 Å². The van der Waals surface area contributed by atoms with E-state index in [2.05, 4.69) is 28.4 Å². The van der Waals surface area contributed by atoms with E-state index in [1.807, 2.05) is 24.3 Å². The monoisotopic (exact) mass is 356 g/mol. The molecule has 2 aromatic rings. The van der Waals surface area contributed by atoms with Crippen LogP contribution in [0.5, 0.6) is 17.2 Å². The van der Waals surface area contributed by atoms with Gasteiger partial charge in [-0.25, -0.2) is 0 Å². The first-order chi connectivity index (χ1) is 12.8. The molecule has 1 heterocycles. The van der Waals surface area contributed by atoms with Gasteiger partial charge in [-0.2, -0.15) is 0 Å². The van der Waals surface area contributed by atoms with Crippen LogP contribution in [-0.2, 0) is 0 Å². The number of methoxy groups -OCH3 is 3. The maximum Gasteiger partial charge on any atom is 0.165 e. The molecule has 26 heavy (non-hydrogen) atoms. The van der Waals surface area contributed by atoms with E-state index in [0.717, 1.165) is 55.4 Å². The normalized spacial score (nSPS) is 16.6. The van der Waals surface area contributed by atoms with Gasteiger partial charge in [0.2, 0.25) is 0 Å². The molecule has 5 heteroatoms. The Balaban J connectivity index is 2.07. The zero-order valence-corrected chi connectivity index (χ0v) is 15.8. The highest BCUT2D eigenvalue weighted by atomic mass is 16.5. The van der Waals surface area contributed by atoms with Crippen LogP contribution in [0.3, 0.4) is 0 Å². The van der Waals surface area contributed by atoms with Crippen LogP contribution in [0, 0.1) is 0 Å². The van der Waals surface area contributed by atoms with E-state index in [4.69, 9.17) is 14.2 Å². The fourth-order valence-electron chi connectivity index (χ4n) is 3.63. The lowest BCUT2D eigenvalue weighted by Gasteiger charge is -2.32. The summed E-state index contributed by atoms with van der Waals surface area (Å²) in [6, 6.07) is 14.5. The number of nitrogens with one attached hydrogen (secondary N) is 1. The third kappa shape index (κ3) is 3.94. The number of rotatable bonds is 6. The van der Waals surface area contributed by atoms with Gasteiger partial charge in [-0.05, 0) is 36.7 Å². The van der Waals surface area contributed by atoms with Crippen molar-refractivity contribution in [3.63, 3.8) is 0 Å². The van der Waals surface area contributed by atoms with Crippen LogP contribution >= 0.6 is 0 Å². The highest BCUT2D eigenvalue weighted by molar-refractivity contribution is 5.51. The summed E-state index contributed by atoms with van der Waals surface area (Å²) in [5.74, 6) is 2.42. The Labute approximate surface area is 155 Å². The fraction of sp³-hybridized carbons (Fsp3) is 0.429. The van der Waals surface area contributed by atoms with Crippen molar-refractivity contribution in [2.45, 2.75) is 12.5 Å². The maximum absolute atomic E-state index is 5.74. The Bertz CT molecular complexity index is 695. The summed E-state index contributed by atoms with van der Waals surface area (Å²) in [7, 11) is 5.08. The number of para-hydroxylation sites is 1. The van der Waals surface area contributed by atoms with Crippen molar-refractivity contribution in [2.75, 3.05) is 47.5 Å². The minimum Gasteiger partial charge on any atom is -0.497 e. The maximum atomic E-state index is 5.74. The second kappa shape index (κ2) is 8.92. The summed E-state index contributed by atoms with van der Waals surface area (Å²) in [5, 5.41) is 3.49. The molecule has 1 aliphatic heterocycles. The van der Waals surface area contributed by atoms with Crippen molar-refractivity contribution in [3.05, 3.63) is 53.6 Å². The summed E-state index contributed by atoms with van der Waals surface area (Å²) >= 11 is 0. The molecule has 0 aliphatic carbocycles. The van der Waals surface area contributed by atoms with Crippen LogP contribution in [0.1, 0.15) is 23.6 Å². The number of nitrogens with zero attached hydrogens (tertiary/aromatic N) is 1. The van der Waals surface area contributed by atoms with Crippen molar-refractivity contribution in [2.24, 2.45) is 0 Å². The minimum absolute atomic E-state index is 0.103. The summed E-state index contributed by atoms with van der Waals surface area (Å²) in [6.07, 6.45) is 1.12. The van der Waals surface area contributed by atoms with Gasteiger partial charge in [0.05, 0.1) is 27.4 Å². The molecule has 5 nitrogen and oxygen atoms in total. The van der Waals surface area contributed by atoms with Crippen molar-refractivity contribution in [1.29, 1.82) is 0 Å². The Morgan fingerprint density at radius 1 is 0.885 bits per heavy atom.